The number of hydrogen-bond donors (Lipinski definition) is 2. The van der Waals surface area contributed by atoms with E-state index in [0.29, 0.717) is 17.0 Å². The number of hydrogen-bond acceptors (Lipinski definition) is 4. The molecule has 88 valence electrons. The summed E-state index contributed by atoms with van der Waals surface area (Å²) < 4.78 is 5.24. The zero-order chi connectivity index (χ0) is 12.3. The Morgan fingerprint density at radius 2 is 2.18 bits per heavy atom. The molecule has 1 aromatic carbocycles. The fourth-order valence-electron chi connectivity index (χ4n) is 1.59. The van der Waals surface area contributed by atoms with Gasteiger partial charge in [0, 0.05) is 17.7 Å². The molecule has 2 rings (SSSR count). The van der Waals surface area contributed by atoms with E-state index in [9.17, 15) is 4.79 Å². The minimum Gasteiger partial charge on any atom is -0.496 e. The third-order valence-corrected chi connectivity index (χ3v) is 2.48. The molecule has 0 saturated carbocycles. The summed E-state index contributed by atoms with van der Waals surface area (Å²) in [5.74, 6) is 0.704. The average molecular weight is 231 g/mol. The molecule has 5 nitrogen and oxygen atoms in total. The van der Waals surface area contributed by atoms with Gasteiger partial charge in [0.1, 0.15) is 5.75 Å². The molecule has 1 heterocycles. The number of para-hydroxylation sites is 1. The van der Waals surface area contributed by atoms with Crippen LogP contribution in [0.25, 0.3) is 11.3 Å². The molecule has 1 aromatic heterocycles. The predicted molar refractivity (Wildman–Crippen MR) is 64.7 cm³/mol. The van der Waals surface area contributed by atoms with E-state index in [0.717, 1.165) is 5.56 Å². The molecule has 0 atom stereocenters. The lowest BCUT2D eigenvalue weighted by Crippen LogP contribution is -2.17. The van der Waals surface area contributed by atoms with Gasteiger partial charge in [0.05, 0.1) is 12.8 Å². The van der Waals surface area contributed by atoms with Crippen LogP contribution < -0.4 is 16.0 Å². The van der Waals surface area contributed by atoms with Crippen LogP contribution in [0.2, 0.25) is 0 Å². The van der Waals surface area contributed by atoms with Gasteiger partial charge in [-0.15, -0.1) is 0 Å². The van der Waals surface area contributed by atoms with Crippen molar-refractivity contribution in [2.24, 2.45) is 5.73 Å². The zero-order valence-electron chi connectivity index (χ0n) is 9.43. The number of methoxy groups -OCH3 is 1. The Hall–Kier alpha value is -2.14. The number of nitrogens with one attached hydrogen (secondary N) is 1. The van der Waals surface area contributed by atoms with Crippen molar-refractivity contribution in [2.45, 2.75) is 6.54 Å². The molecule has 0 aliphatic heterocycles. The van der Waals surface area contributed by atoms with Crippen LogP contribution >= 0.6 is 0 Å². The molecule has 5 heteroatoms. The summed E-state index contributed by atoms with van der Waals surface area (Å²) in [7, 11) is 1.59. The molecule has 17 heavy (non-hydrogen) atoms. The summed E-state index contributed by atoms with van der Waals surface area (Å²) in [6.45, 7) is 0.181. The monoisotopic (exact) mass is 231 g/mol. The number of rotatable bonds is 3. The fourth-order valence-corrected chi connectivity index (χ4v) is 1.59. The van der Waals surface area contributed by atoms with Gasteiger partial charge >= 0.3 is 0 Å². The van der Waals surface area contributed by atoms with Crippen molar-refractivity contribution in [2.75, 3.05) is 7.11 Å². The van der Waals surface area contributed by atoms with E-state index in [1.54, 1.807) is 13.2 Å². The van der Waals surface area contributed by atoms with Crippen LogP contribution in [0.5, 0.6) is 5.75 Å². The van der Waals surface area contributed by atoms with Crippen molar-refractivity contribution in [1.82, 2.24) is 10.2 Å². The van der Waals surface area contributed by atoms with Gasteiger partial charge in [0.2, 0.25) is 0 Å². The van der Waals surface area contributed by atoms with Crippen molar-refractivity contribution in [3.63, 3.8) is 0 Å². The van der Waals surface area contributed by atoms with E-state index in [1.807, 2.05) is 24.3 Å². The Labute approximate surface area is 98.2 Å². The molecule has 0 aliphatic carbocycles. The normalized spacial score (nSPS) is 10.2. The summed E-state index contributed by atoms with van der Waals surface area (Å²) in [4.78, 5) is 11.4. The highest BCUT2D eigenvalue weighted by atomic mass is 16.5. The van der Waals surface area contributed by atoms with Crippen LogP contribution in [-0.4, -0.2) is 17.3 Å². The fraction of sp³-hybridized carbons (Fsp3) is 0.167. The van der Waals surface area contributed by atoms with E-state index in [1.165, 1.54) is 0 Å². The second kappa shape index (κ2) is 4.80. The second-order valence-electron chi connectivity index (χ2n) is 3.51. The van der Waals surface area contributed by atoms with Crippen LogP contribution in [0.15, 0.2) is 35.1 Å². The predicted octanol–water partition coefficient (Wildman–Crippen LogP) is 0.904. The molecule has 0 fully saturated rings. The molecule has 0 radical (unpaired) electrons. The van der Waals surface area contributed by atoms with Gasteiger partial charge in [-0.1, -0.05) is 12.1 Å². The molecule has 0 bridgehead atoms. The van der Waals surface area contributed by atoms with E-state index < -0.39 is 0 Å². The first-order valence-electron chi connectivity index (χ1n) is 5.18. The number of benzene rings is 1. The number of nitrogens with zero attached hydrogens (tertiary/aromatic N) is 1. The van der Waals surface area contributed by atoms with Gasteiger partial charge in [-0.2, -0.15) is 5.10 Å². The molecule has 0 amide bonds. The van der Waals surface area contributed by atoms with Gasteiger partial charge in [0.25, 0.3) is 5.56 Å². The van der Waals surface area contributed by atoms with Gasteiger partial charge in [-0.25, -0.2) is 5.10 Å². The maximum atomic E-state index is 11.4. The summed E-state index contributed by atoms with van der Waals surface area (Å²) in [6.07, 6.45) is 0. The topological polar surface area (TPSA) is 81.0 Å². The quantitative estimate of drug-likeness (QED) is 0.822. The van der Waals surface area contributed by atoms with E-state index >= 15 is 0 Å². The molecule has 0 saturated heterocycles. The summed E-state index contributed by atoms with van der Waals surface area (Å²) in [6, 6.07) is 9.14. The number of aromatic amines is 1. The molecule has 2 aromatic rings. The minimum atomic E-state index is -0.258. The number of ether oxygens (including phenoxy) is 1. The number of nitrogens with two attached hydrogens (primary N) is 1. The maximum Gasteiger partial charge on any atom is 0.268 e. The SMILES string of the molecule is COc1ccccc1-c1cc(CN)c(=O)[nH]n1. The number of aromatic nitrogens is 2. The first-order valence-corrected chi connectivity index (χ1v) is 5.18. The average Bonchev–Trinajstić information content (AvgIpc) is 2.39. The molecule has 0 aliphatic rings. The summed E-state index contributed by atoms with van der Waals surface area (Å²) in [5.41, 5.74) is 7.19. The van der Waals surface area contributed by atoms with E-state index in [4.69, 9.17) is 10.5 Å². The smallest absolute Gasteiger partial charge is 0.268 e. The largest absolute Gasteiger partial charge is 0.496 e. The van der Waals surface area contributed by atoms with Crippen molar-refractivity contribution < 1.29 is 4.74 Å². The van der Waals surface area contributed by atoms with Gasteiger partial charge in [0.15, 0.2) is 0 Å². The molecular weight excluding hydrogens is 218 g/mol. The molecular formula is C12H13N3O2. The highest BCUT2D eigenvalue weighted by Crippen LogP contribution is 2.27. The Bertz CT molecular complexity index is 578. The third kappa shape index (κ3) is 2.19. The van der Waals surface area contributed by atoms with Crippen molar-refractivity contribution in [3.8, 4) is 17.0 Å². The highest BCUT2D eigenvalue weighted by molar-refractivity contribution is 5.66. The van der Waals surface area contributed by atoms with Crippen molar-refractivity contribution in [3.05, 3.63) is 46.2 Å². The van der Waals surface area contributed by atoms with Crippen LogP contribution in [-0.2, 0) is 6.54 Å². The minimum absolute atomic E-state index is 0.181. The number of H-pyrrole nitrogens is 1. The first kappa shape index (κ1) is 11.3. The van der Waals surface area contributed by atoms with Crippen LogP contribution in [0, 0.1) is 0 Å². The highest BCUT2D eigenvalue weighted by Gasteiger charge is 2.08. The van der Waals surface area contributed by atoms with E-state index in [-0.39, 0.29) is 12.1 Å². The van der Waals surface area contributed by atoms with Gasteiger partial charge < -0.3 is 10.5 Å². The van der Waals surface area contributed by atoms with Crippen molar-refractivity contribution in [1.29, 1.82) is 0 Å². The Kier molecular flexibility index (Phi) is 3.20. The summed E-state index contributed by atoms with van der Waals surface area (Å²) >= 11 is 0. The molecule has 0 unspecified atom stereocenters. The molecule has 3 N–H and O–H groups in total. The second-order valence-corrected chi connectivity index (χ2v) is 3.51. The van der Waals surface area contributed by atoms with Gasteiger partial charge in [-0.05, 0) is 18.2 Å². The molecule has 0 spiro atoms. The standard InChI is InChI=1S/C12H13N3O2/c1-17-11-5-3-2-4-9(11)10-6-8(7-13)12(16)15-14-10/h2-6H,7,13H2,1H3,(H,15,16). The Morgan fingerprint density at radius 3 is 2.88 bits per heavy atom. The van der Waals surface area contributed by atoms with Crippen LogP contribution in [0.4, 0.5) is 0 Å². The van der Waals surface area contributed by atoms with Gasteiger partial charge in [-0.3, -0.25) is 4.79 Å². The maximum absolute atomic E-state index is 11.4. The van der Waals surface area contributed by atoms with Crippen molar-refractivity contribution >= 4 is 0 Å². The summed E-state index contributed by atoms with van der Waals surface area (Å²) in [5, 5.41) is 6.42. The Morgan fingerprint density at radius 1 is 1.41 bits per heavy atom. The van der Waals surface area contributed by atoms with Crippen LogP contribution in [0.1, 0.15) is 5.56 Å². The lowest BCUT2D eigenvalue weighted by atomic mass is 10.1. The lowest BCUT2D eigenvalue weighted by Gasteiger charge is -2.07. The zero-order valence-corrected chi connectivity index (χ0v) is 9.43. The van der Waals surface area contributed by atoms with E-state index in [2.05, 4.69) is 10.2 Å². The first-order chi connectivity index (χ1) is 8.26. The Balaban J connectivity index is 2.56. The third-order valence-electron chi connectivity index (χ3n) is 2.48. The lowest BCUT2D eigenvalue weighted by molar-refractivity contribution is 0.416. The van der Waals surface area contributed by atoms with Crippen LogP contribution in [0.3, 0.4) is 0 Å².